The Bertz CT molecular complexity index is 288. The predicted octanol–water partition coefficient (Wildman–Crippen LogP) is 2.00. The Morgan fingerprint density at radius 3 is 2.44 bits per heavy atom. The summed E-state index contributed by atoms with van der Waals surface area (Å²) >= 11 is 1.69. The number of thioether (sulfide) groups is 1. The Morgan fingerprint density at radius 1 is 1.38 bits per heavy atom. The average molecular weight is 243 g/mol. The quantitative estimate of drug-likeness (QED) is 0.824. The third-order valence-electron chi connectivity index (χ3n) is 2.95. The lowest BCUT2D eigenvalue weighted by atomic mass is 9.91. The number of carbonyl (C=O) groups excluding carboxylic acids is 2. The van der Waals surface area contributed by atoms with Crippen LogP contribution < -0.4 is 5.32 Å². The number of Topliss-reactive ketones (excluding diaryl/α,β-unsaturated/α-hetero) is 1. The van der Waals surface area contributed by atoms with Crippen LogP contribution >= 0.6 is 11.8 Å². The van der Waals surface area contributed by atoms with Crippen molar-refractivity contribution < 1.29 is 9.59 Å². The van der Waals surface area contributed by atoms with Crippen molar-refractivity contribution in [2.75, 3.05) is 12.3 Å². The molecule has 1 heterocycles. The van der Waals surface area contributed by atoms with Gasteiger partial charge in [0.15, 0.2) is 5.78 Å². The van der Waals surface area contributed by atoms with E-state index in [-0.39, 0.29) is 28.4 Å². The molecule has 1 aliphatic rings. The van der Waals surface area contributed by atoms with E-state index in [4.69, 9.17) is 0 Å². The summed E-state index contributed by atoms with van der Waals surface area (Å²) in [6.07, 6.45) is 2.00. The third kappa shape index (κ3) is 3.24. The van der Waals surface area contributed by atoms with E-state index in [0.29, 0.717) is 0 Å². The van der Waals surface area contributed by atoms with E-state index >= 15 is 0 Å². The van der Waals surface area contributed by atoms with Crippen LogP contribution in [0.1, 0.15) is 40.5 Å². The largest absolute Gasteiger partial charge is 0.348 e. The Labute approximate surface area is 102 Å². The van der Waals surface area contributed by atoms with Gasteiger partial charge in [-0.25, -0.2) is 0 Å². The van der Waals surface area contributed by atoms with Crippen molar-refractivity contribution in [1.82, 2.24) is 5.32 Å². The summed E-state index contributed by atoms with van der Waals surface area (Å²) in [5, 5.41) is 2.76. The molecule has 0 saturated carbocycles. The van der Waals surface area contributed by atoms with Gasteiger partial charge in [0, 0.05) is 5.41 Å². The molecule has 0 aliphatic carbocycles. The zero-order valence-electron chi connectivity index (χ0n) is 10.6. The molecule has 1 fully saturated rings. The zero-order chi connectivity index (χ0) is 12.4. The lowest BCUT2D eigenvalue weighted by Crippen LogP contribution is -2.44. The fraction of sp³-hybridized carbons (Fsp3) is 0.833. The molecule has 1 atom stereocenters. The fourth-order valence-electron chi connectivity index (χ4n) is 1.57. The van der Waals surface area contributed by atoms with Crippen molar-refractivity contribution in [2.24, 2.45) is 5.41 Å². The SMILES string of the molecule is CC(C)(C)C(=O)CNC(=O)C1(C)CCCS1. The number of ketones is 1. The maximum absolute atomic E-state index is 11.9. The topological polar surface area (TPSA) is 46.2 Å². The van der Waals surface area contributed by atoms with Gasteiger partial charge in [-0.2, -0.15) is 0 Å². The molecule has 1 aliphatic heterocycles. The van der Waals surface area contributed by atoms with Crippen molar-refractivity contribution in [3.05, 3.63) is 0 Å². The van der Waals surface area contributed by atoms with E-state index in [1.807, 2.05) is 27.7 Å². The van der Waals surface area contributed by atoms with Crippen LogP contribution in [0.2, 0.25) is 0 Å². The number of carbonyl (C=O) groups is 2. The molecule has 4 heteroatoms. The summed E-state index contributed by atoms with van der Waals surface area (Å²) in [6, 6.07) is 0. The Kier molecular flexibility index (Phi) is 4.05. The number of nitrogens with one attached hydrogen (secondary N) is 1. The highest BCUT2D eigenvalue weighted by Crippen LogP contribution is 2.37. The smallest absolute Gasteiger partial charge is 0.236 e. The number of rotatable bonds is 3. The molecule has 3 nitrogen and oxygen atoms in total. The lowest BCUT2D eigenvalue weighted by Gasteiger charge is -2.23. The first-order valence-corrected chi connectivity index (χ1v) is 6.70. The summed E-state index contributed by atoms with van der Waals surface area (Å²) in [4.78, 5) is 23.6. The van der Waals surface area contributed by atoms with Crippen LogP contribution in [0.15, 0.2) is 0 Å². The van der Waals surface area contributed by atoms with Gasteiger partial charge in [-0.1, -0.05) is 20.8 Å². The normalized spacial score (nSPS) is 25.5. The minimum atomic E-state index is -0.378. The first-order valence-electron chi connectivity index (χ1n) is 5.71. The molecule has 1 N–H and O–H groups in total. The molecule has 0 bridgehead atoms. The zero-order valence-corrected chi connectivity index (χ0v) is 11.4. The maximum atomic E-state index is 11.9. The van der Waals surface area contributed by atoms with E-state index in [1.54, 1.807) is 11.8 Å². The van der Waals surface area contributed by atoms with Gasteiger partial charge >= 0.3 is 0 Å². The van der Waals surface area contributed by atoms with E-state index in [1.165, 1.54) is 0 Å². The summed E-state index contributed by atoms with van der Waals surface area (Å²) in [6.45, 7) is 7.72. The first kappa shape index (κ1) is 13.6. The molecule has 0 aromatic rings. The Balaban J connectivity index is 2.44. The first-order chi connectivity index (χ1) is 7.26. The van der Waals surface area contributed by atoms with Crippen molar-refractivity contribution in [3.8, 4) is 0 Å². The van der Waals surface area contributed by atoms with Crippen LogP contribution in [0.25, 0.3) is 0 Å². The van der Waals surface area contributed by atoms with Gasteiger partial charge < -0.3 is 5.32 Å². The van der Waals surface area contributed by atoms with Gasteiger partial charge in [-0.05, 0) is 25.5 Å². The predicted molar refractivity (Wildman–Crippen MR) is 67.6 cm³/mol. The summed E-state index contributed by atoms with van der Waals surface area (Å²) in [7, 11) is 0. The molecule has 1 unspecified atom stereocenters. The molecule has 0 aromatic heterocycles. The van der Waals surface area contributed by atoms with E-state index in [0.717, 1.165) is 18.6 Å². The van der Waals surface area contributed by atoms with Crippen LogP contribution in [-0.2, 0) is 9.59 Å². The third-order valence-corrected chi connectivity index (χ3v) is 4.46. The number of hydrogen-bond donors (Lipinski definition) is 1. The molecule has 1 amide bonds. The summed E-state index contributed by atoms with van der Waals surface area (Å²) in [5.74, 6) is 1.12. The van der Waals surface area contributed by atoms with Crippen molar-refractivity contribution in [1.29, 1.82) is 0 Å². The second-order valence-corrected chi connectivity index (χ2v) is 7.14. The summed E-state index contributed by atoms with van der Waals surface area (Å²) in [5.41, 5.74) is -0.378. The van der Waals surface area contributed by atoms with Crippen LogP contribution in [0.5, 0.6) is 0 Å². The minimum absolute atomic E-state index is 0.00704. The second kappa shape index (κ2) is 4.78. The van der Waals surface area contributed by atoms with Gasteiger partial charge in [0.1, 0.15) is 0 Å². The van der Waals surface area contributed by atoms with Crippen molar-refractivity contribution >= 4 is 23.5 Å². The monoisotopic (exact) mass is 243 g/mol. The molecule has 92 valence electrons. The molecule has 16 heavy (non-hydrogen) atoms. The molecular formula is C12H21NO2S. The molecule has 1 rings (SSSR count). The van der Waals surface area contributed by atoms with Crippen molar-refractivity contribution in [3.63, 3.8) is 0 Å². The van der Waals surface area contributed by atoms with E-state index < -0.39 is 0 Å². The average Bonchev–Trinajstić information content (AvgIpc) is 2.60. The second-order valence-electron chi connectivity index (χ2n) is 5.54. The Hall–Kier alpha value is -0.510. The fourth-order valence-corrected chi connectivity index (χ4v) is 2.80. The van der Waals surface area contributed by atoms with Crippen LogP contribution in [0.4, 0.5) is 0 Å². The molecular weight excluding hydrogens is 222 g/mol. The van der Waals surface area contributed by atoms with Crippen LogP contribution in [0, 0.1) is 5.41 Å². The highest BCUT2D eigenvalue weighted by molar-refractivity contribution is 8.01. The maximum Gasteiger partial charge on any atom is 0.236 e. The lowest BCUT2D eigenvalue weighted by molar-refractivity contribution is -0.129. The highest BCUT2D eigenvalue weighted by atomic mass is 32.2. The van der Waals surface area contributed by atoms with Gasteiger partial charge in [-0.15, -0.1) is 11.8 Å². The van der Waals surface area contributed by atoms with Gasteiger partial charge in [0.25, 0.3) is 0 Å². The number of amides is 1. The van der Waals surface area contributed by atoms with Crippen LogP contribution in [0.3, 0.4) is 0 Å². The minimum Gasteiger partial charge on any atom is -0.348 e. The van der Waals surface area contributed by atoms with Gasteiger partial charge in [0.05, 0.1) is 11.3 Å². The Morgan fingerprint density at radius 2 is 2.00 bits per heavy atom. The van der Waals surface area contributed by atoms with Crippen molar-refractivity contribution in [2.45, 2.75) is 45.3 Å². The van der Waals surface area contributed by atoms with Crippen LogP contribution in [-0.4, -0.2) is 28.7 Å². The molecule has 0 radical (unpaired) electrons. The van der Waals surface area contributed by atoms with E-state index in [2.05, 4.69) is 5.32 Å². The summed E-state index contributed by atoms with van der Waals surface area (Å²) < 4.78 is -0.321. The van der Waals surface area contributed by atoms with E-state index in [9.17, 15) is 9.59 Å². The highest BCUT2D eigenvalue weighted by Gasteiger charge is 2.37. The standard InChI is InChI=1S/C12H21NO2S/c1-11(2,3)9(14)8-13-10(15)12(4)6-5-7-16-12/h5-8H2,1-4H3,(H,13,15). The molecule has 0 aromatic carbocycles. The molecule has 0 spiro atoms. The van der Waals surface area contributed by atoms with Gasteiger partial charge in [0.2, 0.25) is 5.91 Å². The molecule has 1 saturated heterocycles. The number of hydrogen-bond acceptors (Lipinski definition) is 3. The van der Waals surface area contributed by atoms with Gasteiger partial charge in [-0.3, -0.25) is 9.59 Å².